The van der Waals surface area contributed by atoms with E-state index in [2.05, 4.69) is 4.98 Å². The van der Waals surface area contributed by atoms with Gasteiger partial charge in [0.25, 0.3) is 0 Å². The minimum absolute atomic E-state index is 0.0960. The summed E-state index contributed by atoms with van der Waals surface area (Å²) in [5, 5.41) is -0.0960. The highest BCUT2D eigenvalue weighted by Crippen LogP contribution is 2.38. The Kier molecular flexibility index (Phi) is 4.69. The summed E-state index contributed by atoms with van der Waals surface area (Å²) >= 11 is 5.71. The largest absolute Gasteiger partial charge is 0.410 e. The fraction of sp³-hybridized carbons (Fsp3) is 0.583. The second-order valence-corrected chi connectivity index (χ2v) is 7.69. The first-order chi connectivity index (χ1) is 7.73. The predicted molar refractivity (Wildman–Crippen MR) is 70.0 cm³/mol. The number of hydrogen-bond donors (Lipinski definition) is 0. The molecule has 1 heterocycles. The zero-order chi connectivity index (χ0) is 13.2. The fourth-order valence-electron chi connectivity index (χ4n) is 1.58. The average Bonchev–Trinajstić information content (AvgIpc) is 2.17. The van der Waals surface area contributed by atoms with Crippen LogP contribution in [-0.4, -0.2) is 14.0 Å². The predicted octanol–water partition coefficient (Wildman–Crippen LogP) is 4.23. The molecule has 17 heavy (non-hydrogen) atoms. The van der Waals surface area contributed by atoms with Gasteiger partial charge in [0.1, 0.15) is 0 Å². The highest BCUT2D eigenvalue weighted by atomic mass is 35.5. The van der Waals surface area contributed by atoms with Crippen LogP contribution in [0.15, 0.2) is 12.3 Å². The van der Waals surface area contributed by atoms with Gasteiger partial charge in [-0.25, -0.2) is 9.37 Å². The maximum atomic E-state index is 14.0. The fourth-order valence-corrected chi connectivity index (χ4v) is 2.69. The van der Waals surface area contributed by atoms with Gasteiger partial charge in [-0.15, -0.1) is 0 Å². The SMILES string of the molecule is C[Si](C)OC(c1ccnc(Cl)c1F)C(C)(C)C. The summed E-state index contributed by atoms with van der Waals surface area (Å²) < 4.78 is 19.9. The molecule has 5 heteroatoms. The Bertz CT molecular complexity index is 393. The highest BCUT2D eigenvalue weighted by Gasteiger charge is 2.31. The van der Waals surface area contributed by atoms with Crippen molar-refractivity contribution in [3.63, 3.8) is 0 Å². The molecule has 1 aromatic rings. The Morgan fingerprint density at radius 2 is 2.00 bits per heavy atom. The lowest BCUT2D eigenvalue weighted by Gasteiger charge is -2.32. The van der Waals surface area contributed by atoms with E-state index in [4.69, 9.17) is 16.0 Å². The van der Waals surface area contributed by atoms with E-state index in [-0.39, 0.29) is 16.7 Å². The quantitative estimate of drug-likeness (QED) is 0.608. The van der Waals surface area contributed by atoms with E-state index in [9.17, 15) is 4.39 Å². The molecule has 1 rings (SSSR count). The van der Waals surface area contributed by atoms with Gasteiger partial charge in [0.2, 0.25) is 9.04 Å². The van der Waals surface area contributed by atoms with Crippen molar-refractivity contribution in [1.29, 1.82) is 0 Å². The number of halogens is 2. The molecule has 0 amide bonds. The molecule has 0 bridgehead atoms. The molecule has 0 saturated carbocycles. The Morgan fingerprint density at radius 3 is 2.47 bits per heavy atom. The Balaban J connectivity index is 3.18. The molecule has 0 aliphatic heterocycles. The molecule has 0 aliphatic rings. The van der Waals surface area contributed by atoms with Crippen LogP contribution in [0.3, 0.4) is 0 Å². The van der Waals surface area contributed by atoms with E-state index >= 15 is 0 Å². The van der Waals surface area contributed by atoms with Gasteiger partial charge in [-0.2, -0.15) is 0 Å². The van der Waals surface area contributed by atoms with Gasteiger partial charge in [0.05, 0.1) is 6.10 Å². The number of aromatic nitrogens is 1. The van der Waals surface area contributed by atoms with Gasteiger partial charge in [-0.3, -0.25) is 0 Å². The Labute approximate surface area is 109 Å². The number of rotatable bonds is 3. The second-order valence-electron chi connectivity index (χ2n) is 5.28. The molecule has 0 aromatic carbocycles. The average molecular weight is 275 g/mol. The summed E-state index contributed by atoms with van der Waals surface area (Å²) in [5.41, 5.74) is 0.302. The van der Waals surface area contributed by atoms with Gasteiger partial charge in [0.15, 0.2) is 11.0 Å². The van der Waals surface area contributed by atoms with Crippen molar-refractivity contribution >= 4 is 20.6 Å². The molecule has 0 spiro atoms. The summed E-state index contributed by atoms with van der Waals surface area (Å²) in [6.45, 7) is 10.1. The van der Waals surface area contributed by atoms with Gasteiger partial charge in [-0.05, 0) is 24.6 Å². The minimum atomic E-state index is -0.922. The van der Waals surface area contributed by atoms with Crippen molar-refractivity contribution in [1.82, 2.24) is 4.98 Å². The molecule has 1 aromatic heterocycles. The normalized spacial score (nSPS) is 14.1. The van der Waals surface area contributed by atoms with E-state index in [1.54, 1.807) is 6.07 Å². The van der Waals surface area contributed by atoms with Crippen LogP contribution in [0.1, 0.15) is 32.4 Å². The zero-order valence-corrected chi connectivity index (χ0v) is 12.6. The molecule has 0 N–H and O–H groups in total. The van der Waals surface area contributed by atoms with Crippen LogP contribution in [0.2, 0.25) is 18.2 Å². The third kappa shape index (κ3) is 3.76. The van der Waals surface area contributed by atoms with Gasteiger partial charge in [-0.1, -0.05) is 32.4 Å². The van der Waals surface area contributed by atoms with E-state index in [0.717, 1.165) is 0 Å². The van der Waals surface area contributed by atoms with Crippen LogP contribution in [0.4, 0.5) is 4.39 Å². The first kappa shape index (κ1) is 14.6. The van der Waals surface area contributed by atoms with Crippen LogP contribution in [0, 0.1) is 11.2 Å². The van der Waals surface area contributed by atoms with Gasteiger partial charge in [0, 0.05) is 11.8 Å². The number of nitrogens with zero attached hydrogens (tertiary/aromatic N) is 1. The molecule has 1 atom stereocenters. The zero-order valence-electron chi connectivity index (χ0n) is 10.8. The summed E-state index contributed by atoms with van der Waals surface area (Å²) in [6, 6.07) is 1.64. The van der Waals surface area contributed by atoms with E-state index in [0.29, 0.717) is 5.56 Å². The molecular weight excluding hydrogens is 257 g/mol. The standard InChI is InChI=1S/C12H18ClFNOSi/c1-12(2,3)10(16-17(4)5)8-6-7-15-11(13)9(8)14/h6-7,10H,1-5H3. The third-order valence-corrected chi connectivity index (χ3v) is 3.27. The summed E-state index contributed by atoms with van der Waals surface area (Å²) in [7, 11) is -0.922. The van der Waals surface area contributed by atoms with Crippen molar-refractivity contribution in [2.24, 2.45) is 5.41 Å². The molecular formula is C12H18ClFNOSi. The smallest absolute Gasteiger partial charge is 0.205 e. The second kappa shape index (κ2) is 5.46. The number of pyridine rings is 1. The molecule has 95 valence electrons. The van der Waals surface area contributed by atoms with Crippen molar-refractivity contribution in [3.8, 4) is 0 Å². The molecule has 1 unspecified atom stereocenters. The van der Waals surface area contributed by atoms with Crippen molar-refractivity contribution in [2.45, 2.75) is 40.0 Å². The van der Waals surface area contributed by atoms with Crippen molar-refractivity contribution in [2.75, 3.05) is 0 Å². The molecule has 0 fully saturated rings. The van der Waals surface area contributed by atoms with E-state index in [1.165, 1.54) is 6.20 Å². The first-order valence-electron chi connectivity index (χ1n) is 5.50. The monoisotopic (exact) mass is 274 g/mol. The van der Waals surface area contributed by atoms with Crippen molar-refractivity contribution < 1.29 is 8.82 Å². The van der Waals surface area contributed by atoms with E-state index < -0.39 is 14.9 Å². The first-order valence-corrected chi connectivity index (χ1v) is 8.29. The lowest BCUT2D eigenvalue weighted by molar-refractivity contribution is 0.0830. The lowest BCUT2D eigenvalue weighted by atomic mass is 9.85. The Morgan fingerprint density at radius 1 is 1.41 bits per heavy atom. The molecule has 1 radical (unpaired) electrons. The Hall–Kier alpha value is -0.453. The lowest BCUT2D eigenvalue weighted by Crippen LogP contribution is -2.26. The van der Waals surface area contributed by atoms with Gasteiger partial charge >= 0.3 is 0 Å². The van der Waals surface area contributed by atoms with E-state index in [1.807, 2.05) is 33.9 Å². The third-order valence-electron chi connectivity index (χ3n) is 2.30. The summed E-state index contributed by atoms with van der Waals surface area (Å²) in [5.74, 6) is -0.475. The van der Waals surface area contributed by atoms with Crippen LogP contribution >= 0.6 is 11.6 Å². The maximum absolute atomic E-state index is 14.0. The van der Waals surface area contributed by atoms with Crippen LogP contribution in [0.5, 0.6) is 0 Å². The summed E-state index contributed by atoms with van der Waals surface area (Å²) in [6.07, 6.45) is 1.22. The molecule has 0 aliphatic carbocycles. The summed E-state index contributed by atoms with van der Waals surface area (Å²) in [4.78, 5) is 3.73. The molecule has 2 nitrogen and oxygen atoms in total. The van der Waals surface area contributed by atoms with Crippen molar-refractivity contribution in [3.05, 3.63) is 28.8 Å². The number of hydrogen-bond acceptors (Lipinski definition) is 2. The van der Waals surface area contributed by atoms with Gasteiger partial charge < -0.3 is 4.43 Å². The van der Waals surface area contributed by atoms with Crippen LogP contribution in [0.25, 0.3) is 0 Å². The van der Waals surface area contributed by atoms with Crippen LogP contribution < -0.4 is 0 Å². The molecule has 0 saturated heterocycles. The topological polar surface area (TPSA) is 22.1 Å². The van der Waals surface area contributed by atoms with Crippen LogP contribution in [-0.2, 0) is 4.43 Å². The maximum Gasteiger partial charge on any atom is 0.205 e. The highest BCUT2D eigenvalue weighted by molar-refractivity contribution is 6.48. The minimum Gasteiger partial charge on any atom is -0.410 e.